The van der Waals surface area contributed by atoms with Gasteiger partial charge in [-0.25, -0.2) is 4.68 Å². The molecule has 132 valence electrons. The van der Waals surface area contributed by atoms with Gasteiger partial charge in [0.2, 0.25) is 5.91 Å². The van der Waals surface area contributed by atoms with Crippen LogP contribution in [0.25, 0.3) is 5.69 Å². The molecule has 26 heavy (non-hydrogen) atoms. The number of carbonyl (C=O) groups excluding carboxylic acids is 1. The van der Waals surface area contributed by atoms with Gasteiger partial charge in [-0.15, -0.1) is 11.8 Å². The summed E-state index contributed by atoms with van der Waals surface area (Å²) >= 11 is 1.66. The maximum Gasteiger partial charge on any atom is 0.235 e. The number of carbonyl (C=O) groups is 1. The van der Waals surface area contributed by atoms with Crippen molar-refractivity contribution in [2.75, 3.05) is 11.1 Å². The molecule has 0 saturated carbocycles. The molecule has 0 unspecified atom stereocenters. The largest absolute Gasteiger partial charge is 0.310 e. The zero-order chi connectivity index (χ0) is 18.3. The van der Waals surface area contributed by atoms with E-state index < -0.39 is 0 Å². The minimum atomic E-state index is 0.0149. The lowest BCUT2D eigenvalue weighted by Crippen LogP contribution is -2.15. The molecule has 0 saturated heterocycles. The van der Waals surface area contributed by atoms with E-state index in [0.717, 1.165) is 28.3 Å². The first kappa shape index (κ1) is 16.9. The van der Waals surface area contributed by atoms with Crippen LogP contribution >= 0.6 is 11.8 Å². The molecular formula is C21H21N3OS. The number of amides is 1. The third-order valence-corrected chi connectivity index (χ3v) is 5.98. The van der Waals surface area contributed by atoms with E-state index in [-0.39, 0.29) is 11.2 Å². The van der Waals surface area contributed by atoms with Crippen molar-refractivity contribution >= 4 is 23.5 Å². The van der Waals surface area contributed by atoms with Gasteiger partial charge in [-0.2, -0.15) is 5.10 Å². The van der Waals surface area contributed by atoms with Crippen LogP contribution in [0.2, 0.25) is 0 Å². The summed E-state index contributed by atoms with van der Waals surface area (Å²) in [7, 11) is 0. The summed E-state index contributed by atoms with van der Waals surface area (Å²) in [5.41, 5.74) is 6.63. The molecule has 4 nitrogen and oxygen atoms in total. The van der Waals surface area contributed by atoms with Gasteiger partial charge in [-0.3, -0.25) is 4.79 Å². The third kappa shape index (κ3) is 2.92. The smallest absolute Gasteiger partial charge is 0.235 e. The number of fused-ring (bicyclic) bond motifs is 1. The van der Waals surface area contributed by atoms with Gasteiger partial charge in [-0.05, 0) is 49.6 Å². The van der Waals surface area contributed by atoms with Crippen LogP contribution in [0.5, 0.6) is 0 Å². The number of aromatic nitrogens is 2. The van der Waals surface area contributed by atoms with Crippen molar-refractivity contribution in [1.29, 1.82) is 0 Å². The molecule has 0 fully saturated rings. The van der Waals surface area contributed by atoms with Crippen molar-refractivity contribution < 1.29 is 4.79 Å². The van der Waals surface area contributed by atoms with Crippen LogP contribution < -0.4 is 5.32 Å². The summed E-state index contributed by atoms with van der Waals surface area (Å²) in [6.45, 7) is 6.20. The molecule has 1 aromatic heterocycles. The average Bonchev–Trinajstić information content (AvgIpc) is 2.82. The Bertz CT molecular complexity index is 993. The quantitative estimate of drug-likeness (QED) is 0.725. The van der Waals surface area contributed by atoms with Crippen molar-refractivity contribution in [2.45, 2.75) is 26.0 Å². The average molecular weight is 363 g/mol. The van der Waals surface area contributed by atoms with E-state index in [2.05, 4.69) is 49.5 Å². The molecule has 2 heterocycles. The molecule has 1 amide bonds. The van der Waals surface area contributed by atoms with E-state index in [9.17, 15) is 4.79 Å². The number of hydrogen-bond donors (Lipinski definition) is 1. The second-order valence-electron chi connectivity index (χ2n) is 6.69. The SMILES string of the molecule is Cc1cccc(-n2nc(C)c3c2NC(=O)CS[C@H]3c2ccccc2C)c1. The first-order chi connectivity index (χ1) is 12.5. The van der Waals surface area contributed by atoms with Gasteiger partial charge < -0.3 is 5.32 Å². The summed E-state index contributed by atoms with van der Waals surface area (Å²) in [5, 5.41) is 7.95. The zero-order valence-corrected chi connectivity index (χ0v) is 15.9. The fourth-order valence-corrected chi connectivity index (χ4v) is 4.74. The molecule has 0 bridgehead atoms. The molecule has 1 N–H and O–H groups in total. The zero-order valence-electron chi connectivity index (χ0n) is 15.1. The van der Waals surface area contributed by atoms with Crippen LogP contribution in [0.15, 0.2) is 48.5 Å². The molecule has 0 aliphatic carbocycles. The van der Waals surface area contributed by atoms with E-state index >= 15 is 0 Å². The van der Waals surface area contributed by atoms with Crippen LogP contribution in [0, 0.1) is 20.8 Å². The van der Waals surface area contributed by atoms with Crippen LogP contribution in [0.4, 0.5) is 5.82 Å². The predicted molar refractivity (Wildman–Crippen MR) is 107 cm³/mol. The van der Waals surface area contributed by atoms with Crippen molar-refractivity contribution in [2.24, 2.45) is 0 Å². The van der Waals surface area contributed by atoms with Crippen LogP contribution in [0.3, 0.4) is 0 Å². The van der Waals surface area contributed by atoms with Crippen molar-refractivity contribution in [3.05, 3.63) is 76.5 Å². The molecule has 1 aliphatic rings. The Hall–Kier alpha value is -2.53. The van der Waals surface area contributed by atoms with E-state index in [1.165, 1.54) is 11.1 Å². The summed E-state index contributed by atoms with van der Waals surface area (Å²) in [5.74, 6) is 1.23. The van der Waals surface area contributed by atoms with Crippen LogP contribution in [-0.4, -0.2) is 21.4 Å². The Morgan fingerprint density at radius 1 is 1.12 bits per heavy atom. The fraction of sp³-hybridized carbons (Fsp3) is 0.238. The number of thioether (sulfide) groups is 1. The van der Waals surface area contributed by atoms with Gasteiger partial charge in [-0.1, -0.05) is 36.4 Å². The highest BCUT2D eigenvalue weighted by atomic mass is 32.2. The lowest BCUT2D eigenvalue weighted by Gasteiger charge is -2.17. The first-order valence-electron chi connectivity index (χ1n) is 8.68. The highest BCUT2D eigenvalue weighted by Crippen LogP contribution is 2.44. The predicted octanol–water partition coefficient (Wildman–Crippen LogP) is 4.57. The van der Waals surface area contributed by atoms with Crippen LogP contribution in [0.1, 0.15) is 33.2 Å². The van der Waals surface area contributed by atoms with E-state index in [4.69, 9.17) is 5.10 Å². The molecule has 4 rings (SSSR count). The number of nitrogens with zero attached hydrogens (tertiary/aromatic N) is 2. The Balaban J connectivity index is 1.92. The summed E-state index contributed by atoms with van der Waals surface area (Å²) in [6, 6.07) is 16.6. The lowest BCUT2D eigenvalue weighted by atomic mass is 10.00. The second-order valence-corrected chi connectivity index (χ2v) is 7.79. The maximum atomic E-state index is 12.4. The van der Waals surface area contributed by atoms with E-state index in [1.54, 1.807) is 11.8 Å². The standard InChI is InChI=1S/C21H21N3OS/c1-13-7-6-9-16(11-13)24-21-19(15(3)23-24)20(26-12-18(25)22-21)17-10-5-4-8-14(17)2/h4-11,20H,12H2,1-3H3,(H,22,25)/t20-/m0/s1. The minimum Gasteiger partial charge on any atom is -0.310 e. The lowest BCUT2D eigenvalue weighted by molar-refractivity contribution is -0.113. The molecular weight excluding hydrogens is 342 g/mol. The summed E-state index contributed by atoms with van der Waals surface area (Å²) in [4.78, 5) is 12.4. The molecule has 2 aromatic carbocycles. The second kappa shape index (κ2) is 6.65. The summed E-state index contributed by atoms with van der Waals surface area (Å²) in [6.07, 6.45) is 0. The number of hydrogen-bond acceptors (Lipinski definition) is 3. The highest BCUT2D eigenvalue weighted by Gasteiger charge is 2.31. The van der Waals surface area contributed by atoms with Gasteiger partial charge in [0, 0.05) is 5.56 Å². The molecule has 5 heteroatoms. The summed E-state index contributed by atoms with van der Waals surface area (Å²) < 4.78 is 1.87. The van der Waals surface area contributed by atoms with E-state index in [1.807, 2.05) is 29.8 Å². The third-order valence-electron chi connectivity index (χ3n) is 4.72. The Kier molecular flexibility index (Phi) is 4.32. The van der Waals surface area contributed by atoms with Gasteiger partial charge in [0.15, 0.2) is 0 Å². The molecule has 3 aromatic rings. The van der Waals surface area contributed by atoms with Crippen molar-refractivity contribution in [1.82, 2.24) is 9.78 Å². The fourth-order valence-electron chi connectivity index (χ4n) is 3.46. The number of aryl methyl sites for hydroxylation is 3. The van der Waals surface area contributed by atoms with Gasteiger partial charge in [0.25, 0.3) is 0 Å². The molecule has 1 atom stereocenters. The monoisotopic (exact) mass is 363 g/mol. The Labute approximate surface area is 157 Å². The molecule has 0 radical (unpaired) electrons. The first-order valence-corrected chi connectivity index (χ1v) is 9.73. The molecule has 0 spiro atoms. The number of benzene rings is 2. The number of anilines is 1. The highest BCUT2D eigenvalue weighted by molar-refractivity contribution is 8.00. The van der Waals surface area contributed by atoms with E-state index in [0.29, 0.717) is 5.75 Å². The van der Waals surface area contributed by atoms with Gasteiger partial charge >= 0.3 is 0 Å². The van der Waals surface area contributed by atoms with Gasteiger partial charge in [0.05, 0.1) is 22.4 Å². The number of nitrogens with one attached hydrogen (secondary N) is 1. The van der Waals surface area contributed by atoms with Gasteiger partial charge in [0.1, 0.15) is 5.82 Å². The normalized spacial score (nSPS) is 16.7. The van der Waals surface area contributed by atoms with Crippen molar-refractivity contribution in [3.63, 3.8) is 0 Å². The Morgan fingerprint density at radius 3 is 2.69 bits per heavy atom. The number of rotatable bonds is 2. The minimum absolute atomic E-state index is 0.0149. The van der Waals surface area contributed by atoms with Crippen LogP contribution in [-0.2, 0) is 4.79 Å². The van der Waals surface area contributed by atoms with Crippen molar-refractivity contribution in [3.8, 4) is 5.69 Å². The Morgan fingerprint density at radius 2 is 1.92 bits per heavy atom. The molecule has 1 aliphatic heterocycles. The topological polar surface area (TPSA) is 46.9 Å². The maximum absolute atomic E-state index is 12.4.